The lowest BCUT2D eigenvalue weighted by atomic mass is 10.1. The predicted octanol–water partition coefficient (Wildman–Crippen LogP) is 14.9. The lowest BCUT2D eigenvalue weighted by Crippen LogP contribution is -2.28. The van der Waals surface area contributed by atoms with Crippen molar-refractivity contribution in [3.63, 3.8) is 0 Å². The number of rotatable bonds is 45. The summed E-state index contributed by atoms with van der Waals surface area (Å²) >= 11 is 0. The number of carbonyl (C=O) groups is 1. The molecule has 0 fully saturated rings. The molecule has 0 saturated carbocycles. The smallest absolute Gasteiger partial charge is 0.457 e. The molecule has 0 amide bonds. The number of esters is 1. The largest absolute Gasteiger partial charge is 0.472 e. The maximum absolute atomic E-state index is 12.6. The van der Waals surface area contributed by atoms with Gasteiger partial charge in [-0.3, -0.25) is 13.8 Å². The van der Waals surface area contributed by atoms with Crippen LogP contribution in [-0.4, -0.2) is 49.9 Å². The standard InChI is InChI=1S/C51H90NO7P/c1-3-5-7-9-11-13-15-17-19-21-22-23-24-25-26-27-28-29-30-32-34-36-38-40-42-44-51(53)59-50(49-58-60(54,55)57-47-45-52)48-56-46-43-41-39-37-35-33-31-20-18-16-14-12-10-8-6-4-2/h5,7,11-14,17-20,22-23,25-26,50H,3-4,6,8-10,15-16,21,24,27-49,52H2,1-2H3,(H,54,55)/b7-5-,13-11-,14-12-,19-17-,20-18-,23-22-,26-25-. The van der Waals surface area contributed by atoms with Crippen molar-refractivity contribution in [1.29, 1.82) is 0 Å². The van der Waals surface area contributed by atoms with Crippen LogP contribution in [0.5, 0.6) is 0 Å². The molecule has 0 aromatic carbocycles. The summed E-state index contributed by atoms with van der Waals surface area (Å²) in [5.41, 5.74) is 5.38. The van der Waals surface area contributed by atoms with Crippen LogP contribution < -0.4 is 5.73 Å². The minimum Gasteiger partial charge on any atom is -0.457 e. The summed E-state index contributed by atoms with van der Waals surface area (Å²) < 4.78 is 33.5. The van der Waals surface area contributed by atoms with Crippen LogP contribution in [0.3, 0.4) is 0 Å². The summed E-state index contributed by atoms with van der Waals surface area (Å²) in [6.45, 7) is 4.74. The Bertz CT molecular complexity index is 1190. The number of ether oxygens (including phenoxy) is 2. The first-order chi connectivity index (χ1) is 29.4. The normalized spacial score (nSPS) is 14.1. The molecular formula is C51H90NO7P. The van der Waals surface area contributed by atoms with E-state index in [0.29, 0.717) is 13.0 Å². The fourth-order valence-corrected chi connectivity index (χ4v) is 7.05. The van der Waals surface area contributed by atoms with Gasteiger partial charge in [0.2, 0.25) is 0 Å². The second kappa shape index (κ2) is 47.7. The molecule has 0 aliphatic rings. The molecule has 0 heterocycles. The molecule has 346 valence electrons. The molecule has 0 rings (SSSR count). The maximum Gasteiger partial charge on any atom is 0.472 e. The van der Waals surface area contributed by atoms with Crippen LogP contribution in [0.4, 0.5) is 0 Å². The van der Waals surface area contributed by atoms with Gasteiger partial charge in [0.05, 0.1) is 19.8 Å². The minimum absolute atomic E-state index is 0.0933. The van der Waals surface area contributed by atoms with E-state index in [0.717, 1.165) is 89.9 Å². The maximum atomic E-state index is 12.6. The van der Waals surface area contributed by atoms with Crippen LogP contribution in [0.15, 0.2) is 85.1 Å². The highest BCUT2D eigenvalue weighted by Crippen LogP contribution is 2.43. The Morgan fingerprint density at radius 3 is 1.40 bits per heavy atom. The Balaban J connectivity index is 4.01. The van der Waals surface area contributed by atoms with E-state index in [4.69, 9.17) is 24.3 Å². The summed E-state index contributed by atoms with van der Waals surface area (Å²) in [5.74, 6) is -0.343. The van der Waals surface area contributed by atoms with Crippen LogP contribution >= 0.6 is 7.82 Å². The molecule has 0 spiro atoms. The van der Waals surface area contributed by atoms with Gasteiger partial charge in [0, 0.05) is 19.6 Å². The Labute approximate surface area is 368 Å². The topological polar surface area (TPSA) is 117 Å². The van der Waals surface area contributed by atoms with Crippen molar-refractivity contribution in [1.82, 2.24) is 0 Å². The van der Waals surface area contributed by atoms with Gasteiger partial charge in [-0.1, -0.05) is 182 Å². The lowest BCUT2D eigenvalue weighted by Gasteiger charge is -2.20. The zero-order chi connectivity index (χ0) is 43.7. The molecule has 9 heteroatoms. The number of carbonyl (C=O) groups excluding carboxylic acids is 1. The number of allylic oxidation sites excluding steroid dienone is 14. The van der Waals surface area contributed by atoms with Crippen molar-refractivity contribution in [3.05, 3.63) is 85.1 Å². The van der Waals surface area contributed by atoms with Gasteiger partial charge in [0.15, 0.2) is 0 Å². The highest BCUT2D eigenvalue weighted by Gasteiger charge is 2.25. The third-order valence-corrected chi connectivity index (χ3v) is 10.8. The van der Waals surface area contributed by atoms with Gasteiger partial charge in [0.1, 0.15) is 6.10 Å². The predicted molar refractivity (Wildman–Crippen MR) is 256 cm³/mol. The molecule has 0 bridgehead atoms. The molecule has 0 aromatic rings. The average Bonchev–Trinajstić information content (AvgIpc) is 3.24. The zero-order valence-electron chi connectivity index (χ0n) is 38.4. The average molecular weight is 860 g/mol. The molecule has 0 aliphatic carbocycles. The summed E-state index contributed by atoms with van der Waals surface area (Å²) in [6.07, 6.45) is 61.7. The number of phosphoric acid groups is 1. The number of hydrogen-bond acceptors (Lipinski definition) is 7. The summed E-state index contributed by atoms with van der Waals surface area (Å²) in [5, 5.41) is 0. The second-order valence-corrected chi connectivity index (χ2v) is 17.0. The molecule has 8 nitrogen and oxygen atoms in total. The number of nitrogens with two attached hydrogens (primary N) is 1. The fourth-order valence-electron chi connectivity index (χ4n) is 6.29. The molecule has 0 radical (unpaired) electrons. The Morgan fingerprint density at radius 2 is 0.933 bits per heavy atom. The third kappa shape index (κ3) is 46.7. The van der Waals surface area contributed by atoms with Gasteiger partial charge >= 0.3 is 13.8 Å². The van der Waals surface area contributed by atoms with E-state index in [1.165, 1.54) is 83.5 Å². The number of phosphoric ester groups is 1. The highest BCUT2D eigenvalue weighted by molar-refractivity contribution is 7.47. The molecule has 2 unspecified atom stereocenters. The molecule has 0 aliphatic heterocycles. The van der Waals surface area contributed by atoms with Crippen molar-refractivity contribution < 1.29 is 32.8 Å². The van der Waals surface area contributed by atoms with Crippen molar-refractivity contribution in [2.45, 2.75) is 200 Å². The summed E-state index contributed by atoms with van der Waals surface area (Å²) in [6, 6.07) is 0. The van der Waals surface area contributed by atoms with E-state index in [1.54, 1.807) is 0 Å². The zero-order valence-corrected chi connectivity index (χ0v) is 39.3. The van der Waals surface area contributed by atoms with Gasteiger partial charge < -0.3 is 20.1 Å². The van der Waals surface area contributed by atoms with Gasteiger partial charge in [0.25, 0.3) is 0 Å². The van der Waals surface area contributed by atoms with Crippen LogP contribution in [0.1, 0.15) is 194 Å². The summed E-state index contributed by atoms with van der Waals surface area (Å²) in [4.78, 5) is 22.6. The van der Waals surface area contributed by atoms with Crippen LogP contribution in [-0.2, 0) is 27.9 Å². The molecule has 0 aromatic heterocycles. The highest BCUT2D eigenvalue weighted by atomic mass is 31.2. The van der Waals surface area contributed by atoms with Gasteiger partial charge in [-0.25, -0.2) is 4.57 Å². The SMILES string of the molecule is CC/C=C\C/C=C\C/C=C\C/C=C\C/C=C\CCCCCCCCCCCC(=O)OC(COCCCCCCCC/C=C\C/C=C\CCCCC)COP(=O)(O)OCCN. The molecular weight excluding hydrogens is 770 g/mol. The van der Waals surface area contributed by atoms with Gasteiger partial charge in [-0.15, -0.1) is 0 Å². The van der Waals surface area contributed by atoms with Crippen LogP contribution in [0.25, 0.3) is 0 Å². The van der Waals surface area contributed by atoms with Crippen molar-refractivity contribution in [2.24, 2.45) is 5.73 Å². The number of hydrogen-bond donors (Lipinski definition) is 2. The minimum atomic E-state index is -4.29. The van der Waals surface area contributed by atoms with Gasteiger partial charge in [-0.2, -0.15) is 0 Å². The molecule has 0 saturated heterocycles. The van der Waals surface area contributed by atoms with E-state index < -0.39 is 13.9 Å². The van der Waals surface area contributed by atoms with E-state index >= 15 is 0 Å². The van der Waals surface area contributed by atoms with Gasteiger partial charge in [-0.05, 0) is 89.9 Å². The first-order valence-electron chi connectivity index (χ1n) is 24.1. The molecule has 60 heavy (non-hydrogen) atoms. The Hall–Kier alpha value is -2.32. The summed E-state index contributed by atoms with van der Waals surface area (Å²) in [7, 11) is -4.29. The molecule has 3 N–H and O–H groups in total. The van der Waals surface area contributed by atoms with E-state index in [2.05, 4.69) is 98.9 Å². The fraction of sp³-hybridized carbons (Fsp3) is 0.706. The van der Waals surface area contributed by atoms with Crippen LogP contribution in [0.2, 0.25) is 0 Å². The first kappa shape index (κ1) is 57.7. The second-order valence-electron chi connectivity index (χ2n) is 15.6. The Morgan fingerprint density at radius 1 is 0.517 bits per heavy atom. The lowest BCUT2D eigenvalue weighted by molar-refractivity contribution is -0.154. The van der Waals surface area contributed by atoms with E-state index in [1.807, 2.05) is 0 Å². The first-order valence-corrected chi connectivity index (χ1v) is 25.6. The molecule has 2 atom stereocenters. The van der Waals surface area contributed by atoms with Crippen molar-refractivity contribution >= 4 is 13.8 Å². The van der Waals surface area contributed by atoms with Crippen LogP contribution in [0, 0.1) is 0 Å². The monoisotopic (exact) mass is 860 g/mol. The van der Waals surface area contributed by atoms with Crippen molar-refractivity contribution in [3.8, 4) is 0 Å². The Kier molecular flexibility index (Phi) is 45.9. The van der Waals surface area contributed by atoms with E-state index in [-0.39, 0.29) is 32.3 Å². The van der Waals surface area contributed by atoms with Crippen molar-refractivity contribution in [2.75, 3.05) is 33.0 Å². The third-order valence-electron chi connectivity index (χ3n) is 9.80. The quantitative estimate of drug-likeness (QED) is 0.0269. The van der Waals surface area contributed by atoms with E-state index in [9.17, 15) is 14.3 Å². The number of unbranched alkanes of at least 4 members (excludes halogenated alkanes) is 18.